The molecule has 4 nitrogen and oxygen atoms in total. The van der Waals surface area contributed by atoms with Crippen molar-refractivity contribution in [3.63, 3.8) is 0 Å². The molecule has 0 radical (unpaired) electrons. The van der Waals surface area contributed by atoms with Gasteiger partial charge in [0.25, 0.3) is 0 Å². The average molecular weight is 388 g/mol. The van der Waals surface area contributed by atoms with E-state index in [0.29, 0.717) is 5.75 Å². The van der Waals surface area contributed by atoms with Crippen molar-refractivity contribution in [2.75, 3.05) is 13.4 Å². The first-order valence-corrected chi connectivity index (χ1v) is 11.3. The van der Waals surface area contributed by atoms with Gasteiger partial charge in [0.15, 0.2) is 11.5 Å². The lowest BCUT2D eigenvalue weighted by molar-refractivity contribution is 0.109. The molecule has 146 valence electrons. The number of ether oxygens (including phenoxy) is 1. The van der Waals surface area contributed by atoms with Crippen LogP contribution in [-0.4, -0.2) is 39.0 Å². The highest BCUT2D eigenvalue weighted by atomic mass is 32.2. The van der Waals surface area contributed by atoms with Crippen molar-refractivity contribution in [2.24, 2.45) is 0 Å². The molecule has 1 aliphatic rings. The summed E-state index contributed by atoms with van der Waals surface area (Å²) in [5, 5.41) is 9.77. The van der Waals surface area contributed by atoms with Gasteiger partial charge in [0.2, 0.25) is 0 Å². The number of hydrogen-bond donors (Lipinski definition) is 1. The third-order valence-corrected chi connectivity index (χ3v) is 6.84. The Morgan fingerprint density at radius 2 is 2.00 bits per heavy atom. The average Bonchev–Trinajstić information content (AvgIpc) is 3.05. The minimum atomic E-state index is -2.23. The molecule has 0 aliphatic carbocycles. The van der Waals surface area contributed by atoms with Crippen LogP contribution in [0.25, 0.3) is 0 Å². The summed E-state index contributed by atoms with van der Waals surface area (Å²) in [4.78, 5) is 3.34. The minimum absolute atomic E-state index is 0.0167. The number of benzene rings is 2. The van der Waals surface area contributed by atoms with Crippen LogP contribution in [0.2, 0.25) is 0 Å². The van der Waals surface area contributed by atoms with E-state index in [-0.39, 0.29) is 11.3 Å². The summed E-state index contributed by atoms with van der Waals surface area (Å²) >= 11 is 0. The number of nitrogens with zero attached hydrogens (tertiary/aromatic N) is 1. The first-order chi connectivity index (χ1) is 12.6. The van der Waals surface area contributed by atoms with Crippen molar-refractivity contribution in [3.8, 4) is 11.5 Å². The van der Waals surface area contributed by atoms with Crippen molar-refractivity contribution in [2.45, 2.75) is 50.2 Å². The minimum Gasteiger partial charge on any atom is -0.504 e. The molecule has 5 heteroatoms. The number of fused-ring (bicyclic) bond motifs is 1. The Morgan fingerprint density at radius 3 is 2.67 bits per heavy atom. The van der Waals surface area contributed by atoms with Crippen LogP contribution >= 0.6 is 0 Å². The molecule has 1 atom stereocenters. The van der Waals surface area contributed by atoms with E-state index in [1.807, 2.05) is 24.3 Å². The van der Waals surface area contributed by atoms with E-state index in [1.165, 1.54) is 11.1 Å². The lowest BCUT2D eigenvalue weighted by atomic mass is 9.93. The maximum absolute atomic E-state index is 12.5. The second kappa shape index (κ2) is 7.21. The van der Waals surface area contributed by atoms with Gasteiger partial charge in [-0.25, -0.2) is 0 Å². The standard InChI is InChI=1S/C22H29NO3S/c1-22(2,12-11-16-9-10-19(24)20(13-16)26-3)23-14-17-7-6-8-21(18(17)15-23)27(4,5)25/h6-10,13,24H,4,11-12,14-15H2,1-3,5H3. The van der Waals surface area contributed by atoms with Crippen molar-refractivity contribution < 1.29 is 14.1 Å². The van der Waals surface area contributed by atoms with Gasteiger partial charge in [0.05, 0.1) is 7.11 Å². The van der Waals surface area contributed by atoms with E-state index in [1.54, 1.807) is 19.4 Å². The quantitative estimate of drug-likeness (QED) is 0.766. The molecule has 1 unspecified atom stereocenters. The Bertz CT molecular complexity index is 948. The predicted molar refractivity (Wildman–Crippen MR) is 112 cm³/mol. The van der Waals surface area contributed by atoms with Gasteiger partial charge in [-0.3, -0.25) is 9.11 Å². The summed E-state index contributed by atoms with van der Waals surface area (Å²) in [7, 11) is -0.663. The summed E-state index contributed by atoms with van der Waals surface area (Å²) in [5.41, 5.74) is 3.56. The van der Waals surface area contributed by atoms with E-state index in [0.717, 1.165) is 36.4 Å². The molecule has 2 aromatic carbocycles. The molecular formula is C22H29NO3S. The fraction of sp³-hybridized carbons (Fsp3) is 0.409. The van der Waals surface area contributed by atoms with Gasteiger partial charge >= 0.3 is 0 Å². The van der Waals surface area contributed by atoms with Crippen LogP contribution in [-0.2, 0) is 29.0 Å². The molecule has 27 heavy (non-hydrogen) atoms. The zero-order valence-electron chi connectivity index (χ0n) is 16.6. The number of methoxy groups -OCH3 is 1. The van der Waals surface area contributed by atoms with Gasteiger partial charge in [-0.15, -0.1) is 0 Å². The third kappa shape index (κ3) is 4.14. The van der Waals surface area contributed by atoms with Crippen LogP contribution in [0.4, 0.5) is 0 Å². The molecule has 0 spiro atoms. The molecule has 0 bridgehead atoms. The van der Waals surface area contributed by atoms with Gasteiger partial charge in [-0.05, 0) is 77.0 Å². The molecule has 3 rings (SSSR count). The molecule has 2 aromatic rings. The Morgan fingerprint density at radius 1 is 1.26 bits per heavy atom. The Balaban J connectivity index is 1.75. The molecule has 0 aromatic heterocycles. The lowest BCUT2D eigenvalue weighted by Crippen LogP contribution is -2.40. The van der Waals surface area contributed by atoms with Gasteiger partial charge in [0, 0.05) is 29.8 Å². The van der Waals surface area contributed by atoms with Gasteiger partial charge < -0.3 is 9.84 Å². The van der Waals surface area contributed by atoms with Crippen molar-refractivity contribution in [3.05, 3.63) is 53.1 Å². The summed E-state index contributed by atoms with van der Waals surface area (Å²) in [6.07, 6.45) is 3.58. The van der Waals surface area contributed by atoms with Gasteiger partial charge in [0.1, 0.15) is 0 Å². The molecule has 1 N–H and O–H groups in total. The van der Waals surface area contributed by atoms with E-state index >= 15 is 0 Å². The molecular weight excluding hydrogens is 358 g/mol. The van der Waals surface area contributed by atoms with E-state index in [9.17, 15) is 9.32 Å². The zero-order valence-corrected chi connectivity index (χ0v) is 17.4. The largest absolute Gasteiger partial charge is 0.504 e. The number of phenolic OH excluding ortho intramolecular Hbond substituents is 1. The first-order valence-electron chi connectivity index (χ1n) is 9.16. The molecule has 1 heterocycles. The fourth-order valence-electron chi connectivity index (χ4n) is 3.71. The Labute approximate surface area is 162 Å². The highest BCUT2D eigenvalue weighted by Crippen LogP contribution is 2.35. The molecule has 0 saturated carbocycles. The van der Waals surface area contributed by atoms with Crippen LogP contribution in [0, 0.1) is 0 Å². The van der Waals surface area contributed by atoms with E-state index in [4.69, 9.17) is 4.74 Å². The number of aryl methyl sites for hydroxylation is 1. The predicted octanol–water partition coefficient (Wildman–Crippen LogP) is 3.83. The highest BCUT2D eigenvalue weighted by molar-refractivity contribution is 7.99. The normalized spacial score (nSPS) is 16.7. The second-order valence-corrected chi connectivity index (χ2v) is 10.5. The summed E-state index contributed by atoms with van der Waals surface area (Å²) < 4.78 is 17.8. The Kier molecular flexibility index (Phi) is 5.28. The van der Waals surface area contributed by atoms with Crippen LogP contribution in [0.5, 0.6) is 11.5 Å². The lowest BCUT2D eigenvalue weighted by Gasteiger charge is -2.35. The number of rotatable bonds is 6. The Hall–Kier alpha value is -1.98. The zero-order chi connectivity index (χ0) is 19.8. The SMILES string of the molecule is C=S(C)(=O)c1cccc2c1CN(C(C)(C)CCc1ccc(O)c(OC)c1)C2. The number of hydrogen-bond acceptors (Lipinski definition) is 4. The molecule has 0 amide bonds. The number of aromatic hydroxyl groups is 1. The van der Waals surface area contributed by atoms with Crippen LogP contribution in [0.3, 0.4) is 0 Å². The van der Waals surface area contributed by atoms with E-state index < -0.39 is 9.52 Å². The van der Waals surface area contributed by atoms with Crippen molar-refractivity contribution >= 4 is 15.4 Å². The van der Waals surface area contributed by atoms with E-state index in [2.05, 4.69) is 30.7 Å². The molecule has 0 fully saturated rings. The van der Waals surface area contributed by atoms with Gasteiger partial charge in [-0.2, -0.15) is 0 Å². The van der Waals surface area contributed by atoms with Gasteiger partial charge in [-0.1, -0.05) is 18.2 Å². The maximum Gasteiger partial charge on any atom is 0.160 e. The summed E-state index contributed by atoms with van der Waals surface area (Å²) in [5.74, 6) is 4.56. The molecule has 1 aliphatic heterocycles. The number of phenols is 1. The van der Waals surface area contributed by atoms with Crippen LogP contribution in [0.15, 0.2) is 41.3 Å². The topological polar surface area (TPSA) is 49.8 Å². The van der Waals surface area contributed by atoms with Crippen molar-refractivity contribution in [1.82, 2.24) is 4.90 Å². The first kappa shape index (κ1) is 19.8. The maximum atomic E-state index is 12.5. The van der Waals surface area contributed by atoms with Crippen LogP contribution in [0.1, 0.15) is 37.0 Å². The van der Waals surface area contributed by atoms with Crippen molar-refractivity contribution in [1.29, 1.82) is 0 Å². The third-order valence-electron chi connectivity index (χ3n) is 5.53. The highest BCUT2D eigenvalue weighted by Gasteiger charge is 2.33. The smallest absolute Gasteiger partial charge is 0.160 e. The van der Waals surface area contributed by atoms with Crippen LogP contribution < -0.4 is 4.74 Å². The monoisotopic (exact) mass is 387 g/mol. The fourth-order valence-corrected chi connectivity index (χ4v) is 4.79. The summed E-state index contributed by atoms with van der Waals surface area (Å²) in [6, 6.07) is 11.6. The second-order valence-electron chi connectivity index (χ2n) is 8.07. The summed E-state index contributed by atoms with van der Waals surface area (Å²) in [6.45, 7) is 6.18. The molecule has 0 saturated heterocycles.